The Hall–Kier alpha value is -0.540. The quantitative estimate of drug-likeness (QED) is 0.763. The van der Waals surface area contributed by atoms with E-state index in [4.69, 9.17) is 11.6 Å². The second-order valence-electron chi connectivity index (χ2n) is 4.26. The molecule has 0 bridgehead atoms. The maximum atomic E-state index is 12.0. The van der Waals surface area contributed by atoms with E-state index in [1.165, 1.54) is 0 Å². The largest absolute Gasteiger partial charge is 0.342 e. The van der Waals surface area contributed by atoms with E-state index in [-0.39, 0.29) is 5.91 Å². The van der Waals surface area contributed by atoms with E-state index < -0.39 is 0 Å². The zero-order valence-corrected chi connectivity index (χ0v) is 10.8. The summed E-state index contributed by atoms with van der Waals surface area (Å²) in [5, 5.41) is 2.01. The van der Waals surface area contributed by atoms with Crippen molar-refractivity contribution < 1.29 is 4.79 Å². The predicted molar refractivity (Wildman–Crippen MR) is 68.0 cm³/mol. The smallest absolute Gasteiger partial charge is 0.227 e. The molecule has 4 heteroatoms. The number of piperidine rings is 1. The van der Waals surface area contributed by atoms with Crippen LogP contribution in [0.25, 0.3) is 0 Å². The fraction of sp³-hybridized carbons (Fsp3) is 0.583. The molecule has 0 radical (unpaired) electrons. The van der Waals surface area contributed by atoms with E-state index in [0.717, 1.165) is 30.8 Å². The van der Waals surface area contributed by atoms with Crippen LogP contribution in [0, 0.1) is 5.92 Å². The summed E-state index contributed by atoms with van der Waals surface area (Å²) in [6.45, 7) is 1.74. The first-order valence-electron chi connectivity index (χ1n) is 5.65. The summed E-state index contributed by atoms with van der Waals surface area (Å²) in [4.78, 5) is 15.1. The zero-order valence-electron chi connectivity index (χ0n) is 9.19. The molecule has 0 N–H and O–H groups in total. The van der Waals surface area contributed by atoms with Gasteiger partial charge in [-0.05, 0) is 30.2 Å². The number of hydrogen-bond acceptors (Lipinski definition) is 2. The zero-order chi connectivity index (χ0) is 11.4. The van der Waals surface area contributed by atoms with Crippen LogP contribution in [-0.4, -0.2) is 29.8 Å². The van der Waals surface area contributed by atoms with Gasteiger partial charge in [-0.1, -0.05) is 6.07 Å². The lowest BCUT2D eigenvalue weighted by Crippen LogP contribution is -2.41. The van der Waals surface area contributed by atoms with Crippen molar-refractivity contribution in [1.82, 2.24) is 4.90 Å². The minimum Gasteiger partial charge on any atom is -0.342 e. The summed E-state index contributed by atoms with van der Waals surface area (Å²) < 4.78 is 0. The Morgan fingerprint density at radius 1 is 1.62 bits per heavy atom. The average molecular weight is 258 g/mol. The molecule has 0 saturated carbocycles. The van der Waals surface area contributed by atoms with Gasteiger partial charge in [0.2, 0.25) is 5.91 Å². The Morgan fingerprint density at radius 2 is 2.50 bits per heavy atom. The standard InChI is InChI=1S/C12H16ClNOS/c13-8-10-3-1-5-14(9-10)12(15)7-11-4-2-6-16-11/h2,4,6,10H,1,3,5,7-9H2. The molecule has 0 aromatic carbocycles. The second kappa shape index (κ2) is 5.69. The van der Waals surface area contributed by atoms with Crippen molar-refractivity contribution >= 4 is 28.8 Å². The Bertz CT molecular complexity index is 339. The lowest BCUT2D eigenvalue weighted by molar-refractivity contribution is -0.132. The fourth-order valence-electron chi connectivity index (χ4n) is 2.09. The molecule has 1 aliphatic rings. The van der Waals surface area contributed by atoms with Crippen molar-refractivity contribution in [3.8, 4) is 0 Å². The SMILES string of the molecule is O=C(Cc1cccs1)N1CCCC(CCl)C1. The molecule has 1 saturated heterocycles. The molecule has 2 nitrogen and oxygen atoms in total. The Labute approximate surface area is 105 Å². The first-order chi connectivity index (χ1) is 7.79. The van der Waals surface area contributed by atoms with E-state index in [1.807, 2.05) is 22.4 Å². The summed E-state index contributed by atoms with van der Waals surface area (Å²) in [5.74, 6) is 1.41. The maximum Gasteiger partial charge on any atom is 0.227 e. The van der Waals surface area contributed by atoms with Gasteiger partial charge in [-0.2, -0.15) is 0 Å². The van der Waals surface area contributed by atoms with Crippen LogP contribution in [-0.2, 0) is 11.2 Å². The molecule has 88 valence electrons. The van der Waals surface area contributed by atoms with Crippen LogP contribution in [0.5, 0.6) is 0 Å². The lowest BCUT2D eigenvalue weighted by atomic mass is 10.00. The van der Waals surface area contributed by atoms with Crippen LogP contribution in [0.1, 0.15) is 17.7 Å². The number of carbonyl (C=O) groups is 1. The third kappa shape index (κ3) is 2.98. The van der Waals surface area contributed by atoms with Gasteiger partial charge in [-0.15, -0.1) is 22.9 Å². The van der Waals surface area contributed by atoms with Crippen molar-refractivity contribution in [2.75, 3.05) is 19.0 Å². The van der Waals surface area contributed by atoms with Crippen molar-refractivity contribution in [2.24, 2.45) is 5.92 Å². The minimum absolute atomic E-state index is 0.247. The molecule has 1 aromatic rings. The maximum absolute atomic E-state index is 12.0. The fourth-order valence-corrected chi connectivity index (χ4v) is 3.04. The van der Waals surface area contributed by atoms with E-state index in [9.17, 15) is 4.79 Å². The van der Waals surface area contributed by atoms with Gasteiger partial charge in [-0.3, -0.25) is 4.79 Å². The highest BCUT2D eigenvalue weighted by molar-refractivity contribution is 7.10. The Morgan fingerprint density at radius 3 is 3.19 bits per heavy atom. The molecule has 1 unspecified atom stereocenters. The van der Waals surface area contributed by atoms with Gasteiger partial charge in [0.1, 0.15) is 0 Å². The Kier molecular flexibility index (Phi) is 4.24. The van der Waals surface area contributed by atoms with Crippen LogP contribution >= 0.6 is 22.9 Å². The number of likely N-dealkylation sites (tertiary alicyclic amines) is 1. The van der Waals surface area contributed by atoms with Gasteiger partial charge in [0.15, 0.2) is 0 Å². The molecule has 0 spiro atoms. The number of thiophene rings is 1. The predicted octanol–water partition coefficient (Wildman–Crippen LogP) is 2.77. The van der Waals surface area contributed by atoms with Crippen molar-refractivity contribution in [3.63, 3.8) is 0 Å². The van der Waals surface area contributed by atoms with Crippen LogP contribution < -0.4 is 0 Å². The first-order valence-corrected chi connectivity index (χ1v) is 7.07. The molecule has 16 heavy (non-hydrogen) atoms. The Balaban J connectivity index is 1.89. The third-order valence-corrected chi connectivity index (χ3v) is 4.31. The molecular formula is C12H16ClNOS. The highest BCUT2D eigenvalue weighted by atomic mass is 35.5. The monoisotopic (exact) mass is 257 g/mol. The molecular weight excluding hydrogens is 242 g/mol. The van der Waals surface area contributed by atoms with Crippen LogP contribution in [0.15, 0.2) is 17.5 Å². The molecule has 1 aromatic heterocycles. The number of hydrogen-bond donors (Lipinski definition) is 0. The summed E-state index contributed by atoms with van der Waals surface area (Å²) in [6, 6.07) is 4.01. The van der Waals surface area contributed by atoms with Gasteiger partial charge in [0.05, 0.1) is 6.42 Å². The second-order valence-corrected chi connectivity index (χ2v) is 5.60. The highest BCUT2D eigenvalue weighted by Gasteiger charge is 2.22. The number of nitrogens with zero attached hydrogens (tertiary/aromatic N) is 1. The first kappa shape index (κ1) is 11.9. The van der Waals surface area contributed by atoms with Crippen LogP contribution in [0.2, 0.25) is 0 Å². The summed E-state index contributed by atoms with van der Waals surface area (Å²) >= 11 is 7.51. The van der Waals surface area contributed by atoms with E-state index in [2.05, 4.69) is 0 Å². The number of alkyl halides is 1. The van der Waals surface area contributed by atoms with Crippen molar-refractivity contribution in [3.05, 3.63) is 22.4 Å². The van der Waals surface area contributed by atoms with E-state index in [0.29, 0.717) is 18.2 Å². The molecule has 1 aliphatic heterocycles. The van der Waals surface area contributed by atoms with Gasteiger partial charge in [0, 0.05) is 23.8 Å². The molecule has 2 rings (SSSR count). The molecule has 2 heterocycles. The molecule has 1 fully saturated rings. The van der Waals surface area contributed by atoms with Crippen LogP contribution in [0.3, 0.4) is 0 Å². The molecule has 1 amide bonds. The minimum atomic E-state index is 0.247. The van der Waals surface area contributed by atoms with Gasteiger partial charge in [-0.25, -0.2) is 0 Å². The number of amides is 1. The lowest BCUT2D eigenvalue weighted by Gasteiger charge is -2.31. The number of halogens is 1. The van der Waals surface area contributed by atoms with E-state index >= 15 is 0 Å². The summed E-state index contributed by atoms with van der Waals surface area (Å²) in [7, 11) is 0. The third-order valence-electron chi connectivity index (χ3n) is 3.00. The van der Waals surface area contributed by atoms with Crippen molar-refractivity contribution in [2.45, 2.75) is 19.3 Å². The summed E-state index contributed by atoms with van der Waals surface area (Å²) in [6.07, 6.45) is 2.80. The topological polar surface area (TPSA) is 20.3 Å². The number of carbonyl (C=O) groups excluding carboxylic acids is 1. The van der Waals surface area contributed by atoms with Gasteiger partial charge >= 0.3 is 0 Å². The summed E-state index contributed by atoms with van der Waals surface area (Å²) in [5.41, 5.74) is 0. The highest BCUT2D eigenvalue weighted by Crippen LogP contribution is 2.19. The molecule has 0 aliphatic carbocycles. The van der Waals surface area contributed by atoms with Gasteiger partial charge < -0.3 is 4.90 Å². The number of rotatable bonds is 3. The normalized spacial score (nSPS) is 21.1. The van der Waals surface area contributed by atoms with Crippen LogP contribution in [0.4, 0.5) is 0 Å². The van der Waals surface area contributed by atoms with Gasteiger partial charge in [0.25, 0.3) is 0 Å². The van der Waals surface area contributed by atoms with Crippen molar-refractivity contribution in [1.29, 1.82) is 0 Å². The van der Waals surface area contributed by atoms with E-state index in [1.54, 1.807) is 11.3 Å². The average Bonchev–Trinajstić information content (AvgIpc) is 2.82. The molecule has 1 atom stereocenters.